The maximum absolute atomic E-state index is 9.86. The van der Waals surface area contributed by atoms with E-state index in [4.69, 9.17) is 21.7 Å². The molecule has 26 heavy (non-hydrogen) atoms. The molecule has 7 nitrogen and oxygen atoms in total. The van der Waals surface area contributed by atoms with E-state index in [2.05, 4.69) is 15.3 Å². The van der Waals surface area contributed by atoms with Crippen LogP contribution in [0.1, 0.15) is 12.5 Å². The molecular weight excluding hydrogens is 352 g/mol. The molecule has 2 N–H and O–H groups in total. The average molecular weight is 370 g/mol. The molecule has 134 valence electrons. The van der Waals surface area contributed by atoms with E-state index >= 15 is 0 Å². The van der Waals surface area contributed by atoms with Crippen LogP contribution in [0.4, 0.5) is 0 Å². The van der Waals surface area contributed by atoms with Gasteiger partial charge in [0.25, 0.3) is 0 Å². The Morgan fingerprint density at radius 1 is 1.27 bits per heavy atom. The number of phenols is 1. The van der Waals surface area contributed by atoms with Crippen molar-refractivity contribution in [2.75, 3.05) is 13.7 Å². The number of nitrogens with one attached hydrogen (secondary N) is 1. The zero-order valence-electron chi connectivity index (χ0n) is 14.3. The SMILES string of the molecule is CCOc1ccc(-c2n[nH]c(=S)n2/N=C\c2ccc(OC)c(O)c2)cc1. The Kier molecular flexibility index (Phi) is 5.33. The summed E-state index contributed by atoms with van der Waals surface area (Å²) in [5, 5.41) is 21.2. The molecule has 3 rings (SSSR count). The highest BCUT2D eigenvalue weighted by atomic mass is 32.1. The van der Waals surface area contributed by atoms with Crippen molar-refractivity contribution in [3.05, 3.63) is 52.8 Å². The van der Waals surface area contributed by atoms with Crippen molar-refractivity contribution < 1.29 is 14.6 Å². The van der Waals surface area contributed by atoms with Gasteiger partial charge in [0, 0.05) is 5.56 Å². The Balaban J connectivity index is 1.90. The van der Waals surface area contributed by atoms with E-state index in [1.807, 2.05) is 31.2 Å². The number of rotatable bonds is 6. The molecule has 0 fully saturated rings. The lowest BCUT2D eigenvalue weighted by Gasteiger charge is -2.05. The van der Waals surface area contributed by atoms with Crippen LogP contribution in [0.2, 0.25) is 0 Å². The first-order valence-electron chi connectivity index (χ1n) is 7.94. The zero-order chi connectivity index (χ0) is 18.5. The first-order chi connectivity index (χ1) is 12.6. The largest absolute Gasteiger partial charge is 0.504 e. The molecule has 0 spiro atoms. The molecule has 0 bridgehead atoms. The van der Waals surface area contributed by atoms with Gasteiger partial charge >= 0.3 is 0 Å². The van der Waals surface area contributed by atoms with Crippen molar-refractivity contribution in [1.29, 1.82) is 0 Å². The van der Waals surface area contributed by atoms with Crippen LogP contribution in [0, 0.1) is 4.77 Å². The predicted molar refractivity (Wildman–Crippen MR) is 102 cm³/mol. The van der Waals surface area contributed by atoms with Crippen molar-refractivity contribution in [1.82, 2.24) is 14.9 Å². The van der Waals surface area contributed by atoms with Crippen molar-refractivity contribution in [3.8, 4) is 28.6 Å². The molecule has 0 unspecified atom stereocenters. The Labute approximate surface area is 155 Å². The number of aromatic hydroxyl groups is 1. The van der Waals surface area contributed by atoms with E-state index in [-0.39, 0.29) is 5.75 Å². The first-order valence-corrected chi connectivity index (χ1v) is 8.35. The number of ether oxygens (including phenoxy) is 2. The number of phenolic OH excluding ortho intramolecular Hbond substituents is 1. The number of aromatic amines is 1. The van der Waals surface area contributed by atoms with Crippen molar-refractivity contribution in [2.45, 2.75) is 6.92 Å². The second kappa shape index (κ2) is 7.83. The monoisotopic (exact) mass is 370 g/mol. The highest BCUT2D eigenvalue weighted by molar-refractivity contribution is 7.71. The number of aromatic nitrogens is 3. The average Bonchev–Trinajstić information content (AvgIpc) is 3.01. The number of methoxy groups -OCH3 is 1. The lowest BCUT2D eigenvalue weighted by molar-refractivity contribution is 0.340. The van der Waals surface area contributed by atoms with Crippen molar-refractivity contribution in [3.63, 3.8) is 0 Å². The molecule has 0 aliphatic heterocycles. The fourth-order valence-electron chi connectivity index (χ4n) is 2.36. The van der Waals surface area contributed by atoms with Crippen LogP contribution in [0.25, 0.3) is 11.4 Å². The van der Waals surface area contributed by atoms with Gasteiger partial charge in [-0.15, -0.1) is 0 Å². The van der Waals surface area contributed by atoms with Gasteiger partial charge in [-0.1, -0.05) is 0 Å². The summed E-state index contributed by atoms with van der Waals surface area (Å²) in [4.78, 5) is 0. The molecule has 3 aromatic rings. The highest BCUT2D eigenvalue weighted by Crippen LogP contribution is 2.26. The second-order valence-electron chi connectivity index (χ2n) is 5.30. The van der Waals surface area contributed by atoms with Crippen LogP contribution in [-0.2, 0) is 0 Å². The molecule has 2 aromatic carbocycles. The highest BCUT2D eigenvalue weighted by Gasteiger charge is 2.08. The van der Waals surface area contributed by atoms with Gasteiger partial charge < -0.3 is 14.6 Å². The summed E-state index contributed by atoms with van der Waals surface area (Å²) in [6.07, 6.45) is 1.59. The molecule has 0 radical (unpaired) electrons. The summed E-state index contributed by atoms with van der Waals surface area (Å²) in [6, 6.07) is 12.5. The van der Waals surface area contributed by atoms with Gasteiger partial charge in [0.15, 0.2) is 17.3 Å². The number of hydrogen-bond acceptors (Lipinski definition) is 6. The molecular formula is C18H18N4O3S. The maximum atomic E-state index is 9.86. The zero-order valence-corrected chi connectivity index (χ0v) is 15.2. The van der Waals surface area contributed by atoms with E-state index in [1.165, 1.54) is 11.8 Å². The fourth-order valence-corrected chi connectivity index (χ4v) is 2.54. The Hall–Kier alpha value is -3.13. The van der Waals surface area contributed by atoms with Crippen LogP contribution >= 0.6 is 12.2 Å². The number of nitrogens with zero attached hydrogens (tertiary/aromatic N) is 3. The minimum absolute atomic E-state index is 0.0407. The summed E-state index contributed by atoms with van der Waals surface area (Å²) in [5.41, 5.74) is 1.54. The standard InChI is InChI=1S/C18H18N4O3S/c1-3-25-14-7-5-13(6-8-14)17-20-21-18(26)22(17)19-11-12-4-9-16(24-2)15(23)10-12/h4-11,23H,3H2,1-2H3,(H,21,26)/b19-11-. The molecule has 0 aliphatic carbocycles. The van der Waals surface area contributed by atoms with Gasteiger partial charge in [0.2, 0.25) is 4.77 Å². The molecule has 1 aromatic heterocycles. The van der Waals surface area contributed by atoms with Crippen molar-refractivity contribution in [2.24, 2.45) is 5.10 Å². The van der Waals surface area contributed by atoms with Gasteiger partial charge in [0.1, 0.15) is 5.75 Å². The number of hydrogen-bond donors (Lipinski definition) is 2. The minimum atomic E-state index is 0.0407. The quantitative estimate of drug-likeness (QED) is 0.511. The van der Waals surface area contributed by atoms with Gasteiger partial charge in [-0.25, -0.2) is 5.10 Å². The normalized spacial score (nSPS) is 11.0. The topological polar surface area (TPSA) is 84.7 Å². The summed E-state index contributed by atoms with van der Waals surface area (Å²) in [7, 11) is 1.50. The molecule has 1 heterocycles. The molecule has 8 heteroatoms. The smallest absolute Gasteiger partial charge is 0.216 e. The Morgan fingerprint density at radius 2 is 2.04 bits per heavy atom. The summed E-state index contributed by atoms with van der Waals surface area (Å²) in [6.45, 7) is 2.54. The molecule has 0 saturated carbocycles. The van der Waals surface area contributed by atoms with Crippen LogP contribution in [0.15, 0.2) is 47.6 Å². The molecule has 0 aliphatic rings. The Bertz CT molecular complexity index is 977. The summed E-state index contributed by atoms with van der Waals surface area (Å²) < 4.78 is 12.4. The van der Waals surface area contributed by atoms with Crippen LogP contribution in [0.5, 0.6) is 17.2 Å². The molecule has 0 saturated heterocycles. The van der Waals surface area contributed by atoms with E-state index < -0.39 is 0 Å². The summed E-state index contributed by atoms with van der Waals surface area (Å²) in [5.74, 6) is 1.80. The molecule has 0 atom stereocenters. The fraction of sp³-hybridized carbons (Fsp3) is 0.167. The van der Waals surface area contributed by atoms with E-state index in [9.17, 15) is 5.11 Å². The molecule has 0 amide bonds. The van der Waals surface area contributed by atoms with Gasteiger partial charge in [-0.3, -0.25) is 0 Å². The summed E-state index contributed by atoms with van der Waals surface area (Å²) >= 11 is 5.26. The third-order valence-corrected chi connectivity index (χ3v) is 3.86. The van der Waals surface area contributed by atoms with Crippen LogP contribution < -0.4 is 9.47 Å². The van der Waals surface area contributed by atoms with Crippen LogP contribution in [0.3, 0.4) is 0 Å². The number of H-pyrrole nitrogens is 1. The van der Waals surface area contributed by atoms with Crippen molar-refractivity contribution >= 4 is 18.4 Å². The third-order valence-electron chi connectivity index (χ3n) is 3.60. The van der Waals surface area contributed by atoms with E-state index in [1.54, 1.807) is 24.4 Å². The van der Waals surface area contributed by atoms with Gasteiger partial charge in [-0.2, -0.15) is 14.9 Å². The maximum Gasteiger partial charge on any atom is 0.216 e. The van der Waals surface area contributed by atoms with E-state index in [0.717, 1.165) is 11.3 Å². The third kappa shape index (κ3) is 3.75. The lowest BCUT2D eigenvalue weighted by Crippen LogP contribution is -1.96. The predicted octanol–water partition coefficient (Wildman–Crippen LogP) is 3.60. The number of benzene rings is 2. The second-order valence-corrected chi connectivity index (χ2v) is 5.68. The van der Waals surface area contributed by atoms with Gasteiger partial charge in [-0.05, 0) is 67.2 Å². The Morgan fingerprint density at radius 3 is 2.69 bits per heavy atom. The van der Waals surface area contributed by atoms with Crippen LogP contribution in [-0.4, -0.2) is 39.9 Å². The van der Waals surface area contributed by atoms with E-state index in [0.29, 0.717) is 28.5 Å². The first kappa shape index (κ1) is 17.7. The van der Waals surface area contributed by atoms with Gasteiger partial charge in [0.05, 0.1) is 19.9 Å². The minimum Gasteiger partial charge on any atom is -0.504 e. The lowest BCUT2D eigenvalue weighted by atomic mass is 10.2.